The quantitative estimate of drug-likeness (QED) is 0.295. The SMILES string of the molecule is COc1ccc(C2c3c(c4ccccc4oc3=O)Oc3ncn4nc(-c5ccc(OC)c(O)c5)nc4c32)c(OC)c1. The molecular weight excluding hydrogens is 528 g/mol. The first kappa shape index (κ1) is 24.5. The second-order valence-electron chi connectivity index (χ2n) is 9.33. The van der Waals surface area contributed by atoms with Gasteiger partial charge in [0.15, 0.2) is 28.7 Å². The monoisotopic (exact) mass is 550 g/mol. The maximum Gasteiger partial charge on any atom is 0.344 e. The number of hydrogen-bond donors (Lipinski definition) is 1. The molecule has 1 aliphatic heterocycles. The van der Waals surface area contributed by atoms with Gasteiger partial charge in [0.25, 0.3) is 0 Å². The third-order valence-corrected chi connectivity index (χ3v) is 7.15. The predicted molar refractivity (Wildman–Crippen MR) is 147 cm³/mol. The van der Waals surface area contributed by atoms with Gasteiger partial charge in [0.05, 0.1) is 43.8 Å². The zero-order valence-electron chi connectivity index (χ0n) is 22.1. The molecule has 0 saturated carbocycles. The summed E-state index contributed by atoms with van der Waals surface area (Å²) in [7, 11) is 4.59. The zero-order valence-corrected chi connectivity index (χ0v) is 22.1. The van der Waals surface area contributed by atoms with Crippen LogP contribution in [0, 0.1) is 0 Å². The van der Waals surface area contributed by atoms with Gasteiger partial charge in [0.1, 0.15) is 23.4 Å². The number of hydrogen-bond acceptors (Lipinski definition) is 10. The minimum Gasteiger partial charge on any atom is -0.504 e. The normalized spacial score (nSPS) is 13.9. The van der Waals surface area contributed by atoms with Gasteiger partial charge in [-0.15, -0.1) is 5.10 Å². The smallest absolute Gasteiger partial charge is 0.344 e. The zero-order chi connectivity index (χ0) is 28.2. The van der Waals surface area contributed by atoms with Gasteiger partial charge in [-0.05, 0) is 36.4 Å². The first-order valence-electron chi connectivity index (χ1n) is 12.6. The Hall–Kier alpha value is -5.58. The van der Waals surface area contributed by atoms with Crippen molar-refractivity contribution in [1.82, 2.24) is 19.6 Å². The molecule has 0 aliphatic carbocycles. The molecule has 6 aromatic rings. The Morgan fingerprint density at radius 3 is 2.54 bits per heavy atom. The van der Waals surface area contributed by atoms with Crippen LogP contribution in [-0.2, 0) is 0 Å². The third kappa shape index (κ3) is 3.73. The first-order chi connectivity index (χ1) is 20.0. The number of ether oxygens (including phenoxy) is 4. The van der Waals surface area contributed by atoms with Crippen LogP contribution in [-0.4, -0.2) is 46.0 Å². The number of methoxy groups -OCH3 is 3. The van der Waals surface area contributed by atoms with Gasteiger partial charge in [0, 0.05) is 17.2 Å². The molecule has 0 bridgehead atoms. The average Bonchev–Trinajstić information content (AvgIpc) is 3.44. The fraction of sp³-hybridized carbons (Fsp3) is 0.133. The van der Waals surface area contributed by atoms with Crippen LogP contribution in [0.2, 0.25) is 0 Å². The van der Waals surface area contributed by atoms with Crippen LogP contribution in [0.4, 0.5) is 0 Å². The van der Waals surface area contributed by atoms with E-state index in [4.69, 9.17) is 28.3 Å². The van der Waals surface area contributed by atoms with Crippen molar-refractivity contribution < 1.29 is 28.5 Å². The van der Waals surface area contributed by atoms with Gasteiger partial charge in [-0.2, -0.15) is 0 Å². The largest absolute Gasteiger partial charge is 0.504 e. The van der Waals surface area contributed by atoms with Gasteiger partial charge >= 0.3 is 5.63 Å². The van der Waals surface area contributed by atoms with E-state index in [0.29, 0.717) is 62.1 Å². The Bertz CT molecular complexity index is 2050. The van der Waals surface area contributed by atoms with Gasteiger partial charge in [-0.25, -0.2) is 19.3 Å². The first-order valence-corrected chi connectivity index (χ1v) is 12.6. The van der Waals surface area contributed by atoms with E-state index in [0.717, 1.165) is 0 Å². The summed E-state index contributed by atoms with van der Waals surface area (Å²) in [5, 5.41) is 15.6. The molecule has 3 aromatic carbocycles. The highest BCUT2D eigenvalue weighted by atomic mass is 16.5. The van der Waals surface area contributed by atoms with Crippen molar-refractivity contribution in [2.75, 3.05) is 21.3 Å². The number of aromatic hydroxyl groups is 1. The summed E-state index contributed by atoms with van der Waals surface area (Å²) in [6.07, 6.45) is 1.50. The number of phenols is 1. The molecule has 0 amide bonds. The number of phenolic OH excluding ortho intramolecular Hbond substituents is 1. The minimum atomic E-state index is -0.743. The van der Waals surface area contributed by atoms with Gasteiger partial charge in [0.2, 0.25) is 5.88 Å². The molecule has 3 aromatic heterocycles. The maximum absolute atomic E-state index is 13.6. The lowest BCUT2D eigenvalue weighted by atomic mass is 9.83. The molecule has 0 saturated heterocycles. The second-order valence-corrected chi connectivity index (χ2v) is 9.33. The molecule has 0 fully saturated rings. The van der Waals surface area contributed by atoms with Crippen molar-refractivity contribution in [3.8, 4) is 46.0 Å². The summed E-state index contributed by atoms with van der Waals surface area (Å²) < 4.78 is 30.0. The number of fused-ring (bicyclic) bond motifs is 6. The average molecular weight is 551 g/mol. The summed E-state index contributed by atoms with van der Waals surface area (Å²) in [6.45, 7) is 0. The lowest BCUT2D eigenvalue weighted by Crippen LogP contribution is -2.22. The fourth-order valence-electron chi connectivity index (χ4n) is 5.25. The van der Waals surface area contributed by atoms with E-state index in [2.05, 4.69) is 10.1 Å². The third-order valence-electron chi connectivity index (χ3n) is 7.15. The van der Waals surface area contributed by atoms with E-state index in [9.17, 15) is 9.90 Å². The van der Waals surface area contributed by atoms with Gasteiger partial charge < -0.3 is 28.5 Å². The van der Waals surface area contributed by atoms with Crippen molar-refractivity contribution in [2.45, 2.75) is 5.92 Å². The Balaban J connectivity index is 1.53. The summed E-state index contributed by atoms with van der Waals surface area (Å²) in [5.41, 5.74) is 2.23. The molecule has 0 radical (unpaired) electrons. The molecule has 1 unspecified atom stereocenters. The van der Waals surface area contributed by atoms with E-state index >= 15 is 0 Å². The number of aromatic nitrogens is 4. The Morgan fingerprint density at radius 1 is 0.927 bits per heavy atom. The molecule has 204 valence electrons. The van der Waals surface area contributed by atoms with E-state index in [-0.39, 0.29) is 17.2 Å². The van der Waals surface area contributed by atoms with Crippen LogP contribution in [0.1, 0.15) is 22.6 Å². The number of benzene rings is 3. The van der Waals surface area contributed by atoms with Gasteiger partial charge in [-0.1, -0.05) is 18.2 Å². The summed E-state index contributed by atoms with van der Waals surface area (Å²) >= 11 is 0. The van der Waals surface area contributed by atoms with E-state index in [1.165, 1.54) is 24.0 Å². The number of para-hydroxylation sites is 1. The van der Waals surface area contributed by atoms with Crippen LogP contribution in [0.5, 0.6) is 34.6 Å². The van der Waals surface area contributed by atoms with Gasteiger partial charge in [-0.3, -0.25) is 0 Å². The van der Waals surface area contributed by atoms with E-state index in [1.54, 1.807) is 50.6 Å². The minimum absolute atomic E-state index is 0.0494. The molecule has 41 heavy (non-hydrogen) atoms. The highest BCUT2D eigenvalue weighted by molar-refractivity contribution is 5.87. The molecule has 11 heteroatoms. The van der Waals surface area contributed by atoms with Crippen LogP contribution in [0.15, 0.2) is 76.2 Å². The highest BCUT2D eigenvalue weighted by Crippen LogP contribution is 2.51. The molecule has 11 nitrogen and oxygen atoms in total. The van der Waals surface area contributed by atoms with Crippen LogP contribution in [0.25, 0.3) is 28.0 Å². The summed E-state index contributed by atoms with van der Waals surface area (Å²) in [5.74, 6) is 1.55. The highest BCUT2D eigenvalue weighted by Gasteiger charge is 2.39. The molecule has 4 heterocycles. The molecule has 0 spiro atoms. The maximum atomic E-state index is 13.6. The lowest BCUT2D eigenvalue weighted by Gasteiger charge is -2.28. The van der Waals surface area contributed by atoms with E-state index in [1.807, 2.05) is 18.2 Å². The number of nitrogens with zero attached hydrogens (tertiary/aromatic N) is 4. The lowest BCUT2D eigenvalue weighted by molar-refractivity contribution is 0.373. The van der Waals surface area contributed by atoms with Crippen LogP contribution >= 0.6 is 0 Å². The molecule has 1 atom stereocenters. The van der Waals surface area contributed by atoms with Crippen LogP contribution < -0.4 is 24.6 Å². The van der Waals surface area contributed by atoms with Crippen molar-refractivity contribution in [3.63, 3.8) is 0 Å². The Kier molecular flexibility index (Phi) is 5.53. The van der Waals surface area contributed by atoms with Crippen molar-refractivity contribution >= 4 is 16.6 Å². The molecular formula is C30H22N4O7. The molecule has 1 aliphatic rings. The van der Waals surface area contributed by atoms with Crippen molar-refractivity contribution in [2.24, 2.45) is 0 Å². The summed E-state index contributed by atoms with van der Waals surface area (Å²) in [6, 6.07) is 17.4. The Morgan fingerprint density at radius 2 is 1.76 bits per heavy atom. The standard InChI is InChI=1S/C30H22N4O7/c1-37-16-9-10-17(22(13-16)39-3)23-24-26(18-6-4-5-7-20(18)40-30(24)36)41-29-25(23)28-32-27(33-34(28)14-31-29)15-8-11-21(38-2)19(35)12-15/h4-14,23,35H,1-3H3. The molecule has 1 N–H and O–H groups in total. The Labute approximate surface area is 232 Å². The predicted octanol–water partition coefficient (Wildman–Crippen LogP) is 4.92. The van der Waals surface area contributed by atoms with Crippen LogP contribution in [0.3, 0.4) is 0 Å². The topological polar surface area (TPSA) is 130 Å². The van der Waals surface area contributed by atoms with Crippen molar-refractivity contribution in [3.05, 3.63) is 94.1 Å². The van der Waals surface area contributed by atoms with Crippen molar-refractivity contribution in [1.29, 1.82) is 0 Å². The summed E-state index contributed by atoms with van der Waals surface area (Å²) in [4.78, 5) is 23.0. The second kappa shape index (κ2) is 9.26. The fourth-order valence-corrected chi connectivity index (χ4v) is 5.25. The number of rotatable bonds is 5. The van der Waals surface area contributed by atoms with E-state index < -0.39 is 11.5 Å². The molecule has 7 rings (SSSR count).